The molecule has 0 spiro atoms. The second-order valence-electron chi connectivity index (χ2n) is 14.8. The minimum Gasteiger partial charge on any atom is -0.480 e. The SMILES string of the molecule is CCCCC/C=C\C/C=C\C/C=C\CCCCCCCCC(=O)OC(COC(=O)CCCCCCC/C=C\CCCCCCC)COP(=O)(O)OCC(N)C(=O)O. The minimum absolute atomic E-state index is 0.144. The van der Waals surface area contributed by atoms with Gasteiger partial charge >= 0.3 is 25.7 Å². The van der Waals surface area contributed by atoms with Crippen LogP contribution >= 0.6 is 7.82 Å². The van der Waals surface area contributed by atoms with Crippen molar-refractivity contribution in [2.24, 2.45) is 5.73 Å². The van der Waals surface area contributed by atoms with Gasteiger partial charge in [-0.05, 0) is 77.0 Å². The molecule has 0 heterocycles. The van der Waals surface area contributed by atoms with Crippen molar-refractivity contribution in [2.75, 3.05) is 19.8 Å². The van der Waals surface area contributed by atoms with Crippen molar-refractivity contribution in [1.82, 2.24) is 0 Å². The molecule has 12 heteroatoms. The third kappa shape index (κ3) is 40.0. The van der Waals surface area contributed by atoms with E-state index in [0.29, 0.717) is 12.8 Å². The predicted molar refractivity (Wildman–Crippen MR) is 231 cm³/mol. The molecule has 4 N–H and O–H groups in total. The molecule has 0 saturated heterocycles. The molecule has 330 valence electrons. The van der Waals surface area contributed by atoms with Crippen LogP contribution in [0.2, 0.25) is 0 Å². The summed E-state index contributed by atoms with van der Waals surface area (Å²) in [5, 5.41) is 8.89. The van der Waals surface area contributed by atoms with E-state index in [9.17, 15) is 23.8 Å². The number of ether oxygens (including phenoxy) is 2. The number of allylic oxidation sites excluding steroid dienone is 8. The van der Waals surface area contributed by atoms with E-state index in [0.717, 1.165) is 89.9 Å². The summed E-state index contributed by atoms with van der Waals surface area (Å²) in [7, 11) is -4.72. The fourth-order valence-electron chi connectivity index (χ4n) is 5.77. The van der Waals surface area contributed by atoms with Crippen LogP contribution in [0.15, 0.2) is 48.6 Å². The lowest BCUT2D eigenvalue weighted by molar-refractivity contribution is -0.161. The number of unbranched alkanes of at least 4 members (excludes halogenated alkanes) is 19. The van der Waals surface area contributed by atoms with Gasteiger partial charge in [-0.1, -0.05) is 146 Å². The van der Waals surface area contributed by atoms with Crippen LogP contribution in [-0.2, 0) is 37.5 Å². The highest BCUT2D eigenvalue weighted by Crippen LogP contribution is 2.43. The van der Waals surface area contributed by atoms with Gasteiger partial charge in [0.15, 0.2) is 6.10 Å². The van der Waals surface area contributed by atoms with E-state index in [4.69, 9.17) is 24.8 Å². The molecule has 0 rings (SSSR count). The third-order valence-electron chi connectivity index (χ3n) is 9.30. The molecule has 0 aromatic heterocycles. The number of carboxylic acid groups (broad SMARTS) is 1. The van der Waals surface area contributed by atoms with E-state index >= 15 is 0 Å². The van der Waals surface area contributed by atoms with Crippen molar-refractivity contribution in [3.63, 3.8) is 0 Å². The summed E-state index contributed by atoms with van der Waals surface area (Å²) in [4.78, 5) is 46.0. The lowest BCUT2D eigenvalue weighted by Gasteiger charge is -2.20. The number of carbonyl (C=O) groups excluding carboxylic acids is 2. The lowest BCUT2D eigenvalue weighted by Crippen LogP contribution is -2.34. The molecule has 0 amide bonds. The summed E-state index contributed by atoms with van der Waals surface area (Å²) in [6, 6.07) is -1.53. The van der Waals surface area contributed by atoms with Crippen molar-refractivity contribution < 1.29 is 47.5 Å². The molecule has 0 bridgehead atoms. The maximum Gasteiger partial charge on any atom is 0.472 e. The molecular weight excluding hydrogens is 745 g/mol. The average molecular weight is 826 g/mol. The van der Waals surface area contributed by atoms with E-state index < -0.39 is 51.1 Å². The summed E-state index contributed by atoms with van der Waals surface area (Å²) in [6.07, 6.45) is 44.5. The van der Waals surface area contributed by atoms with Crippen LogP contribution in [-0.4, -0.2) is 59.9 Å². The standard InChI is InChI=1S/C45H80NO10P/c1-3-5-7-9-11-13-15-17-19-20-21-22-23-25-27-29-31-33-35-37-44(48)56-41(39-54-57(51,52)55-40-42(46)45(49)50)38-53-43(47)36-34-32-30-28-26-24-18-16-14-12-10-8-6-4-2/h11,13,16-19,21-22,41-42H,3-10,12,14-15,20,23-40,46H2,1-2H3,(H,49,50)(H,51,52)/b13-11-,18-16-,19-17-,22-21-. The van der Waals surface area contributed by atoms with Gasteiger partial charge in [0.25, 0.3) is 0 Å². The first kappa shape index (κ1) is 54.4. The number of hydrogen-bond donors (Lipinski definition) is 3. The Hall–Kier alpha value is -2.56. The van der Waals surface area contributed by atoms with Gasteiger partial charge in [0.2, 0.25) is 0 Å². The molecule has 11 nitrogen and oxygen atoms in total. The van der Waals surface area contributed by atoms with Gasteiger partial charge in [-0.3, -0.25) is 23.4 Å². The Kier molecular flexibility index (Phi) is 38.4. The number of rotatable bonds is 41. The normalized spacial score (nSPS) is 14.2. The Labute approximate surface area is 345 Å². The van der Waals surface area contributed by atoms with Crippen LogP contribution in [0.25, 0.3) is 0 Å². The number of aliphatic carboxylic acids is 1. The molecule has 57 heavy (non-hydrogen) atoms. The highest BCUT2D eigenvalue weighted by molar-refractivity contribution is 7.47. The first-order valence-corrected chi connectivity index (χ1v) is 23.7. The molecule has 0 fully saturated rings. The number of hydrogen-bond acceptors (Lipinski definition) is 9. The number of carboxylic acids is 1. The fraction of sp³-hybridized carbons (Fsp3) is 0.756. The zero-order valence-corrected chi connectivity index (χ0v) is 36.6. The van der Waals surface area contributed by atoms with E-state index in [1.807, 2.05) is 0 Å². The minimum atomic E-state index is -4.72. The second-order valence-corrected chi connectivity index (χ2v) is 16.3. The number of phosphoric acid groups is 1. The molecule has 0 aromatic rings. The van der Waals surface area contributed by atoms with Gasteiger partial charge in [0.05, 0.1) is 13.2 Å². The maximum atomic E-state index is 12.6. The van der Waals surface area contributed by atoms with Crippen molar-refractivity contribution in [3.8, 4) is 0 Å². The Balaban J connectivity index is 4.39. The average Bonchev–Trinajstić information content (AvgIpc) is 3.19. The van der Waals surface area contributed by atoms with Gasteiger partial charge in [0, 0.05) is 12.8 Å². The van der Waals surface area contributed by atoms with E-state index in [2.05, 4.69) is 67.0 Å². The van der Waals surface area contributed by atoms with E-state index in [-0.39, 0.29) is 19.4 Å². The summed E-state index contributed by atoms with van der Waals surface area (Å²) < 4.78 is 32.7. The zero-order valence-electron chi connectivity index (χ0n) is 35.7. The maximum absolute atomic E-state index is 12.6. The number of carbonyl (C=O) groups is 3. The molecule has 3 atom stereocenters. The molecule has 0 aliphatic heterocycles. The Morgan fingerprint density at radius 2 is 0.930 bits per heavy atom. The van der Waals surface area contributed by atoms with E-state index in [1.54, 1.807) is 0 Å². The molecule has 0 radical (unpaired) electrons. The first-order valence-electron chi connectivity index (χ1n) is 22.2. The Morgan fingerprint density at radius 1 is 0.544 bits per heavy atom. The fourth-order valence-corrected chi connectivity index (χ4v) is 6.55. The van der Waals surface area contributed by atoms with Crippen LogP contribution in [0, 0.1) is 0 Å². The van der Waals surface area contributed by atoms with Gasteiger partial charge in [-0.25, -0.2) is 4.57 Å². The monoisotopic (exact) mass is 826 g/mol. The summed E-state index contributed by atoms with van der Waals surface area (Å²) in [5.41, 5.74) is 5.33. The topological polar surface area (TPSA) is 172 Å². The van der Waals surface area contributed by atoms with Crippen LogP contribution in [0.1, 0.15) is 187 Å². The van der Waals surface area contributed by atoms with Crippen molar-refractivity contribution >= 4 is 25.7 Å². The first-order chi connectivity index (χ1) is 27.6. The van der Waals surface area contributed by atoms with Crippen LogP contribution < -0.4 is 5.73 Å². The molecule has 0 aromatic carbocycles. The number of esters is 2. The van der Waals surface area contributed by atoms with Gasteiger partial charge in [-0.15, -0.1) is 0 Å². The molecule has 0 aliphatic rings. The van der Waals surface area contributed by atoms with E-state index in [1.165, 1.54) is 57.8 Å². The largest absolute Gasteiger partial charge is 0.480 e. The molecular formula is C45H80NO10P. The van der Waals surface area contributed by atoms with Gasteiger partial charge in [0.1, 0.15) is 12.6 Å². The Bertz CT molecular complexity index is 1150. The van der Waals surface area contributed by atoms with Gasteiger partial charge in [-0.2, -0.15) is 0 Å². The second kappa shape index (κ2) is 40.2. The third-order valence-corrected chi connectivity index (χ3v) is 10.3. The predicted octanol–water partition coefficient (Wildman–Crippen LogP) is 11.8. The van der Waals surface area contributed by atoms with Gasteiger partial charge < -0.3 is 25.2 Å². The van der Waals surface area contributed by atoms with Crippen LogP contribution in [0.5, 0.6) is 0 Å². The zero-order chi connectivity index (χ0) is 42.1. The number of phosphoric ester groups is 1. The smallest absolute Gasteiger partial charge is 0.472 e. The quantitative estimate of drug-likeness (QED) is 0.0232. The summed E-state index contributed by atoms with van der Waals surface area (Å²) >= 11 is 0. The summed E-state index contributed by atoms with van der Waals surface area (Å²) in [5.74, 6) is -2.41. The van der Waals surface area contributed by atoms with Crippen molar-refractivity contribution in [3.05, 3.63) is 48.6 Å². The highest BCUT2D eigenvalue weighted by atomic mass is 31.2. The molecule has 0 saturated carbocycles. The lowest BCUT2D eigenvalue weighted by atomic mass is 10.1. The number of nitrogens with two attached hydrogens (primary N) is 1. The van der Waals surface area contributed by atoms with Crippen molar-refractivity contribution in [1.29, 1.82) is 0 Å². The van der Waals surface area contributed by atoms with Crippen LogP contribution in [0.4, 0.5) is 0 Å². The highest BCUT2D eigenvalue weighted by Gasteiger charge is 2.28. The van der Waals surface area contributed by atoms with Crippen molar-refractivity contribution in [2.45, 2.75) is 199 Å². The molecule has 0 aliphatic carbocycles. The molecule has 3 unspecified atom stereocenters. The van der Waals surface area contributed by atoms with Crippen LogP contribution in [0.3, 0.4) is 0 Å². The Morgan fingerprint density at radius 3 is 1.44 bits per heavy atom. The summed E-state index contributed by atoms with van der Waals surface area (Å²) in [6.45, 7) is 2.74.